The highest BCUT2D eigenvalue weighted by Crippen LogP contribution is 2.25. The Hall–Kier alpha value is -1.13. The van der Waals surface area contributed by atoms with Crippen LogP contribution in [0.1, 0.15) is 38.3 Å². The summed E-state index contributed by atoms with van der Waals surface area (Å²) in [6.45, 7) is 12.0. The lowest BCUT2D eigenvalue weighted by atomic mass is 9.99. The van der Waals surface area contributed by atoms with Crippen molar-refractivity contribution in [2.75, 3.05) is 31.6 Å². The maximum Gasteiger partial charge on any atom is 0.131 e. The number of piperazine rings is 1. The molecule has 0 amide bonds. The predicted octanol–water partition coefficient (Wildman–Crippen LogP) is 2.20. The van der Waals surface area contributed by atoms with Gasteiger partial charge in [0.2, 0.25) is 0 Å². The van der Waals surface area contributed by atoms with Crippen molar-refractivity contribution in [3.05, 3.63) is 23.4 Å². The second-order valence-corrected chi connectivity index (χ2v) is 7.01. The Kier molecular flexibility index (Phi) is 4.89. The van der Waals surface area contributed by atoms with E-state index in [1.807, 2.05) is 6.20 Å². The van der Waals surface area contributed by atoms with Crippen molar-refractivity contribution in [1.29, 1.82) is 0 Å². The molecule has 2 N–H and O–H groups in total. The topological polar surface area (TPSA) is 45.4 Å². The minimum absolute atomic E-state index is 0.190. The van der Waals surface area contributed by atoms with Crippen molar-refractivity contribution < 1.29 is 0 Å². The van der Waals surface area contributed by atoms with Gasteiger partial charge in [-0.2, -0.15) is 0 Å². The normalized spacial score (nSPS) is 20.6. The molecule has 0 bridgehead atoms. The van der Waals surface area contributed by atoms with Crippen LogP contribution in [0.5, 0.6) is 0 Å². The Morgan fingerprint density at radius 2 is 2.10 bits per heavy atom. The van der Waals surface area contributed by atoms with Gasteiger partial charge in [0.1, 0.15) is 5.82 Å². The van der Waals surface area contributed by atoms with Crippen molar-refractivity contribution >= 4 is 5.82 Å². The van der Waals surface area contributed by atoms with Crippen molar-refractivity contribution in [1.82, 2.24) is 9.88 Å². The quantitative estimate of drug-likeness (QED) is 0.923. The summed E-state index contributed by atoms with van der Waals surface area (Å²) in [5.74, 6) is 1.13. The van der Waals surface area contributed by atoms with Crippen LogP contribution < -0.4 is 10.6 Å². The zero-order chi connectivity index (χ0) is 15.6. The number of nitrogens with zero attached hydrogens (tertiary/aromatic N) is 3. The molecule has 118 valence electrons. The van der Waals surface area contributed by atoms with Gasteiger partial charge in [0, 0.05) is 37.4 Å². The Labute approximate surface area is 129 Å². The SMILES string of the molecule is CCC(N)Cc1cnc(N2CCN(C)C(C)(C)C2)c(C)c1. The van der Waals surface area contributed by atoms with Gasteiger partial charge in [-0.05, 0) is 51.8 Å². The molecule has 1 fully saturated rings. The monoisotopic (exact) mass is 290 g/mol. The van der Waals surface area contributed by atoms with Crippen LogP contribution >= 0.6 is 0 Å². The number of nitrogens with two attached hydrogens (primary N) is 1. The highest BCUT2D eigenvalue weighted by atomic mass is 15.3. The molecule has 2 rings (SSSR count). The van der Waals surface area contributed by atoms with Crippen LogP contribution in [0.2, 0.25) is 0 Å². The molecule has 0 radical (unpaired) electrons. The van der Waals surface area contributed by atoms with Gasteiger partial charge in [0.25, 0.3) is 0 Å². The summed E-state index contributed by atoms with van der Waals surface area (Å²) in [4.78, 5) is 9.57. The van der Waals surface area contributed by atoms with Gasteiger partial charge >= 0.3 is 0 Å². The maximum atomic E-state index is 6.04. The fraction of sp³-hybridized carbons (Fsp3) is 0.706. The zero-order valence-corrected chi connectivity index (χ0v) is 14.2. The average molecular weight is 290 g/mol. The minimum atomic E-state index is 0.190. The first-order chi connectivity index (χ1) is 9.83. The minimum Gasteiger partial charge on any atom is -0.353 e. The Balaban J connectivity index is 2.14. The van der Waals surface area contributed by atoms with E-state index in [0.29, 0.717) is 0 Å². The number of anilines is 1. The zero-order valence-electron chi connectivity index (χ0n) is 14.2. The van der Waals surface area contributed by atoms with Gasteiger partial charge in [0.05, 0.1) is 0 Å². The van der Waals surface area contributed by atoms with Crippen LogP contribution in [0.25, 0.3) is 0 Å². The number of aryl methyl sites for hydroxylation is 1. The van der Waals surface area contributed by atoms with Crippen molar-refractivity contribution in [2.24, 2.45) is 5.73 Å². The van der Waals surface area contributed by atoms with Gasteiger partial charge in [-0.1, -0.05) is 13.0 Å². The predicted molar refractivity (Wildman–Crippen MR) is 89.9 cm³/mol. The van der Waals surface area contributed by atoms with Crippen molar-refractivity contribution in [2.45, 2.75) is 52.1 Å². The highest BCUT2D eigenvalue weighted by molar-refractivity contribution is 5.48. The van der Waals surface area contributed by atoms with Crippen LogP contribution in [0.15, 0.2) is 12.3 Å². The number of likely N-dealkylation sites (N-methyl/N-ethyl adjacent to an activating group) is 1. The third-order valence-electron chi connectivity index (χ3n) is 4.75. The molecule has 2 heterocycles. The van der Waals surface area contributed by atoms with E-state index in [1.54, 1.807) is 0 Å². The fourth-order valence-corrected chi connectivity index (χ4v) is 2.94. The fourth-order valence-electron chi connectivity index (χ4n) is 2.94. The molecule has 1 saturated heterocycles. The maximum absolute atomic E-state index is 6.04. The second-order valence-electron chi connectivity index (χ2n) is 7.01. The third kappa shape index (κ3) is 3.74. The van der Waals surface area contributed by atoms with Gasteiger partial charge in [0.15, 0.2) is 0 Å². The first kappa shape index (κ1) is 16.2. The van der Waals surface area contributed by atoms with Crippen LogP contribution in [-0.2, 0) is 6.42 Å². The summed E-state index contributed by atoms with van der Waals surface area (Å²) < 4.78 is 0. The van der Waals surface area contributed by atoms with Gasteiger partial charge in [-0.15, -0.1) is 0 Å². The molecule has 0 saturated carbocycles. The van der Waals surface area contributed by atoms with Crippen LogP contribution in [-0.4, -0.2) is 48.1 Å². The Morgan fingerprint density at radius 3 is 2.67 bits per heavy atom. The van der Waals surface area contributed by atoms with Crippen molar-refractivity contribution in [3.8, 4) is 0 Å². The Bertz CT molecular complexity index is 484. The summed E-state index contributed by atoms with van der Waals surface area (Å²) in [7, 11) is 2.20. The molecule has 21 heavy (non-hydrogen) atoms. The molecular formula is C17H30N4. The summed E-state index contributed by atoms with van der Waals surface area (Å²) in [6, 6.07) is 2.49. The molecule has 0 aliphatic carbocycles. The van der Waals surface area contributed by atoms with E-state index in [4.69, 9.17) is 10.7 Å². The summed E-state index contributed by atoms with van der Waals surface area (Å²) in [6.07, 6.45) is 3.93. The molecule has 4 heteroatoms. The van der Waals surface area contributed by atoms with Gasteiger partial charge in [-0.3, -0.25) is 4.90 Å². The van der Waals surface area contributed by atoms with Crippen LogP contribution in [0.3, 0.4) is 0 Å². The molecule has 4 nitrogen and oxygen atoms in total. The van der Waals surface area contributed by atoms with E-state index >= 15 is 0 Å². The van der Waals surface area contributed by atoms with Crippen molar-refractivity contribution in [3.63, 3.8) is 0 Å². The number of pyridine rings is 1. The Morgan fingerprint density at radius 1 is 1.38 bits per heavy atom. The second kappa shape index (κ2) is 6.32. The standard InChI is InChI=1S/C17H30N4/c1-6-15(18)10-14-9-13(2)16(19-11-14)21-8-7-20(5)17(3,4)12-21/h9,11,15H,6-8,10,12,18H2,1-5H3. The number of rotatable bonds is 4. The molecule has 1 unspecified atom stereocenters. The van der Waals surface area contributed by atoms with Gasteiger partial charge < -0.3 is 10.6 Å². The van der Waals surface area contributed by atoms with E-state index < -0.39 is 0 Å². The molecule has 0 spiro atoms. The molecular weight excluding hydrogens is 260 g/mol. The van der Waals surface area contributed by atoms with E-state index in [-0.39, 0.29) is 11.6 Å². The number of hydrogen-bond acceptors (Lipinski definition) is 4. The lowest BCUT2D eigenvalue weighted by Crippen LogP contribution is -2.58. The molecule has 1 aromatic heterocycles. The van der Waals surface area contributed by atoms with Crippen LogP contribution in [0.4, 0.5) is 5.82 Å². The lowest BCUT2D eigenvalue weighted by Gasteiger charge is -2.46. The smallest absolute Gasteiger partial charge is 0.131 e. The van der Waals surface area contributed by atoms with E-state index in [2.05, 4.69) is 50.6 Å². The lowest BCUT2D eigenvalue weighted by molar-refractivity contribution is 0.138. The first-order valence-electron chi connectivity index (χ1n) is 8.00. The highest BCUT2D eigenvalue weighted by Gasteiger charge is 2.32. The third-order valence-corrected chi connectivity index (χ3v) is 4.75. The molecule has 1 aromatic rings. The molecule has 1 aliphatic heterocycles. The summed E-state index contributed by atoms with van der Waals surface area (Å²) in [5.41, 5.74) is 8.74. The average Bonchev–Trinajstić information content (AvgIpc) is 2.42. The van der Waals surface area contributed by atoms with Gasteiger partial charge in [-0.25, -0.2) is 4.98 Å². The first-order valence-corrected chi connectivity index (χ1v) is 8.00. The van der Waals surface area contributed by atoms with E-state index in [0.717, 1.165) is 38.3 Å². The van der Waals surface area contributed by atoms with E-state index in [1.165, 1.54) is 11.1 Å². The summed E-state index contributed by atoms with van der Waals surface area (Å²) in [5, 5.41) is 0. The largest absolute Gasteiger partial charge is 0.353 e. The molecule has 0 aromatic carbocycles. The number of aromatic nitrogens is 1. The van der Waals surface area contributed by atoms with Crippen LogP contribution in [0, 0.1) is 6.92 Å². The van der Waals surface area contributed by atoms with E-state index in [9.17, 15) is 0 Å². The molecule has 1 atom stereocenters. The number of hydrogen-bond donors (Lipinski definition) is 1. The summed E-state index contributed by atoms with van der Waals surface area (Å²) >= 11 is 0. The molecule has 1 aliphatic rings.